The van der Waals surface area contributed by atoms with Gasteiger partial charge in [0.15, 0.2) is 23.2 Å². The Labute approximate surface area is 125 Å². The van der Waals surface area contributed by atoms with Crippen LogP contribution < -0.4 is 11.1 Å². The Kier molecular flexibility index (Phi) is 3.83. The monoisotopic (exact) mass is 310 g/mol. The molecule has 120 valence electrons. The second-order valence-electron chi connectivity index (χ2n) is 5.00. The number of aliphatic hydroxyl groups excluding tert-OH is 3. The average molecular weight is 310 g/mol. The fourth-order valence-electron chi connectivity index (χ4n) is 2.54. The number of anilines is 2. The Morgan fingerprint density at radius 2 is 2.14 bits per heavy atom. The van der Waals surface area contributed by atoms with Crippen molar-refractivity contribution >= 4 is 22.9 Å². The summed E-state index contributed by atoms with van der Waals surface area (Å²) in [5.41, 5.74) is 6.55. The molecule has 0 amide bonds. The number of nitrogens with one attached hydrogen (secondary N) is 1. The molecule has 6 N–H and O–H groups in total. The molecule has 1 aliphatic heterocycles. The van der Waals surface area contributed by atoms with Crippen molar-refractivity contribution in [3.63, 3.8) is 0 Å². The molecule has 0 aliphatic carbocycles. The number of nitrogens with zero attached hydrogens (tertiary/aromatic N) is 4. The Morgan fingerprint density at radius 3 is 2.77 bits per heavy atom. The number of nitrogen functional groups attached to an aromatic ring is 1. The first-order valence-corrected chi connectivity index (χ1v) is 6.93. The van der Waals surface area contributed by atoms with Crippen molar-refractivity contribution in [2.75, 3.05) is 24.2 Å². The summed E-state index contributed by atoms with van der Waals surface area (Å²) in [5.74, 6) is 0.592. The third-order valence-corrected chi connectivity index (χ3v) is 3.61. The van der Waals surface area contributed by atoms with Crippen LogP contribution in [0.5, 0.6) is 0 Å². The highest BCUT2D eigenvalue weighted by molar-refractivity contribution is 5.84. The Morgan fingerprint density at radius 1 is 1.36 bits per heavy atom. The molecule has 1 saturated heterocycles. The molecular weight excluding hydrogens is 292 g/mol. The molecule has 3 rings (SSSR count). The molecule has 3 heterocycles. The number of fused-ring (bicyclic) bond motifs is 1. The van der Waals surface area contributed by atoms with E-state index >= 15 is 0 Å². The zero-order valence-electron chi connectivity index (χ0n) is 11.9. The van der Waals surface area contributed by atoms with Crippen LogP contribution in [0.2, 0.25) is 0 Å². The average Bonchev–Trinajstić information content (AvgIpc) is 3.00. The molecule has 0 spiro atoms. The standard InChI is InChI=1S/C12H18N6O4/c1-2-14-12-17-6-9(13)15-4-16-10(6)18(12)11-8(21)7(20)5(3-19)22-11/h4-5,7-8,11,19-21H,2-3H2,1H3,(H,14,17)(H2,13,15,16)/t5-,7+,8-,11-/m1/s1. The fraction of sp³-hybridized carbons (Fsp3) is 0.583. The molecule has 2 aromatic rings. The minimum Gasteiger partial charge on any atom is -0.394 e. The summed E-state index contributed by atoms with van der Waals surface area (Å²) in [6, 6.07) is 0. The van der Waals surface area contributed by atoms with Crippen molar-refractivity contribution in [2.24, 2.45) is 0 Å². The number of aromatic nitrogens is 4. The Hall–Kier alpha value is -2.01. The van der Waals surface area contributed by atoms with Crippen molar-refractivity contribution in [3.05, 3.63) is 6.33 Å². The van der Waals surface area contributed by atoms with E-state index in [-0.39, 0.29) is 5.82 Å². The van der Waals surface area contributed by atoms with Gasteiger partial charge < -0.3 is 31.1 Å². The SMILES string of the molecule is CCNc1nc2c(N)ncnc2n1[C@@H]1O[C@H](CO)[C@H](O)[C@H]1O. The van der Waals surface area contributed by atoms with E-state index in [0.29, 0.717) is 23.7 Å². The van der Waals surface area contributed by atoms with Crippen LogP contribution >= 0.6 is 0 Å². The van der Waals surface area contributed by atoms with Crippen LogP contribution in [0, 0.1) is 0 Å². The third-order valence-electron chi connectivity index (χ3n) is 3.61. The molecular formula is C12H18N6O4. The minimum atomic E-state index is -1.23. The molecule has 4 atom stereocenters. The molecule has 10 nitrogen and oxygen atoms in total. The normalized spacial score (nSPS) is 28.4. The number of imidazole rings is 1. The summed E-state index contributed by atoms with van der Waals surface area (Å²) in [5, 5.41) is 32.4. The second kappa shape index (κ2) is 5.65. The maximum Gasteiger partial charge on any atom is 0.207 e. The van der Waals surface area contributed by atoms with Crippen molar-refractivity contribution < 1.29 is 20.1 Å². The zero-order valence-corrected chi connectivity index (χ0v) is 11.9. The summed E-state index contributed by atoms with van der Waals surface area (Å²) in [7, 11) is 0. The van der Waals surface area contributed by atoms with Gasteiger partial charge in [0.2, 0.25) is 5.95 Å². The molecule has 0 saturated carbocycles. The largest absolute Gasteiger partial charge is 0.394 e. The van der Waals surface area contributed by atoms with Crippen LogP contribution in [-0.4, -0.2) is 66.3 Å². The van der Waals surface area contributed by atoms with Crippen molar-refractivity contribution in [1.29, 1.82) is 0 Å². The highest BCUT2D eigenvalue weighted by atomic mass is 16.6. The molecule has 10 heteroatoms. The zero-order chi connectivity index (χ0) is 15.9. The van der Waals surface area contributed by atoms with Gasteiger partial charge in [-0.15, -0.1) is 0 Å². The highest BCUT2D eigenvalue weighted by Gasteiger charge is 2.45. The summed E-state index contributed by atoms with van der Waals surface area (Å²) in [6.45, 7) is 2.05. The van der Waals surface area contributed by atoms with E-state index in [9.17, 15) is 15.3 Å². The fourth-order valence-corrected chi connectivity index (χ4v) is 2.54. The van der Waals surface area contributed by atoms with Gasteiger partial charge in [-0.25, -0.2) is 15.0 Å². The van der Waals surface area contributed by atoms with Crippen LogP contribution in [0.3, 0.4) is 0 Å². The van der Waals surface area contributed by atoms with E-state index < -0.39 is 31.1 Å². The van der Waals surface area contributed by atoms with Gasteiger partial charge in [0.05, 0.1) is 6.61 Å². The molecule has 2 aromatic heterocycles. The maximum atomic E-state index is 10.2. The number of hydrogen-bond donors (Lipinski definition) is 5. The van der Waals surface area contributed by atoms with Crippen molar-refractivity contribution in [3.8, 4) is 0 Å². The summed E-state index contributed by atoms with van der Waals surface area (Å²) >= 11 is 0. The van der Waals surface area contributed by atoms with Crippen molar-refractivity contribution in [1.82, 2.24) is 19.5 Å². The first-order chi connectivity index (χ1) is 10.6. The highest BCUT2D eigenvalue weighted by Crippen LogP contribution is 2.34. The number of aliphatic hydroxyl groups is 3. The molecule has 1 aliphatic rings. The van der Waals surface area contributed by atoms with Crippen LogP contribution in [0.15, 0.2) is 6.33 Å². The van der Waals surface area contributed by atoms with Gasteiger partial charge in [-0.1, -0.05) is 0 Å². The summed E-state index contributed by atoms with van der Waals surface area (Å²) < 4.78 is 7.06. The van der Waals surface area contributed by atoms with E-state index in [4.69, 9.17) is 10.5 Å². The quantitative estimate of drug-likeness (QED) is 0.452. The van der Waals surface area contributed by atoms with Gasteiger partial charge in [-0.05, 0) is 6.92 Å². The van der Waals surface area contributed by atoms with Gasteiger partial charge in [0, 0.05) is 6.54 Å². The number of hydrogen-bond acceptors (Lipinski definition) is 9. The number of rotatable bonds is 4. The van der Waals surface area contributed by atoms with Crippen LogP contribution in [0.1, 0.15) is 13.2 Å². The van der Waals surface area contributed by atoms with E-state index in [1.807, 2.05) is 6.92 Å². The van der Waals surface area contributed by atoms with Crippen molar-refractivity contribution in [2.45, 2.75) is 31.5 Å². The molecule has 0 bridgehead atoms. The maximum absolute atomic E-state index is 10.2. The van der Waals surface area contributed by atoms with Gasteiger partial charge in [-0.2, -0.15) is 0 Å². The number of ether oxygens (including phenoxy) is 1. The topological polar surface area (TPSA) is 152 Å². The molecule has 22 heavy (non-hydrogen) atoms. The van der Waals surface area contributed by atoms with Gasteiger partial charge in [0.1, 0.15) is 24.6 Å². The Balaban J connectivity index is 2.13. The van der Waals surface area contributed by atoms with Gasteiger partial charge >= 0.3 is 0 Å². The third kappa shape index (κ3) is 2.16. The van der Waals surface area contributed by atoms with Crippen LogP contribution in [0.25, 0.3) is 11.2 Å². The van der Waals surface area contributed by atoms with Gasteiger partial charge in [0.25, 0.3) is 0 Å². The van der Waals surface area contributed by atoms with E-state index in [1.165, 1.54) is 10.9 Å². The predicted octanol–water partition coefficient (Wildman–Crippen LogP) is -1.55. The summed E-state index contributed by atoms with van der Waals surface area (Å²) in [4.78, 5) is 12.3. The van der Waals surface area contributed by atoms with E-state index in [0.717, 1.165) is 0 Å². The first kappa shape index (κ1) is 14.9. The first-order valence-electron chi connectivity index (χ1n) is 6.93. The lowest BCUT2D eigenvalue weighted by molar-refractivity contribution is -0.0501. The predicted molar refractivity (Wildman–Crippen MR) is 76.9 cm³/mol. The molecule has 0 aromatic carbocycles. The summed E-state index contributed by atoms with van der Waals surface area (Å²) in [6.07, 6.45) is -2.98. The second-order valence-corrected chi connectivity index (χ2v) is 5.00. The lowest BCUT2D eigenvalue weighted by Crippen LogP contribution is -2.33. The van der Waals surface area contributed by atoms with Gasteiger partial charge in [-0.3, -0.25) is 4.57 Å². The minimum absolute atomic E-state index is 0.203. The smallest absolute Gasteiger partial charge is 0.207 e. The molecule has 1 fully saturated rings. The Bertz CT molecular complexity index is 677. The molecule has 0 unspecified atom stereocenters. The number of nitrogens with two attached hydrogens (primary N) is 1. The van der Waals surface area contributed by atoms with E-state index in [1.54, 1.807) is 0 Å². The van der Waals surface area contributed by atoms with E-state index in [2.05, 4.69) is 20.3 Å². The van der Waals surface area contributed by atoms with Crippen LogP contribution in [0.4, 0.5) is 11.8 Å². The lowest BCUT2D eigenvalue weighted by Gasteiger charge is -2.19. The lowest BCUT2D eigenvalue weighted by atomic mass is 10.1. The molecule has 0 radical (unpaired) electrons. The van der Waals surface area contributed by atoms with Crippen LogP contribution in [-0.2, 0) is 4.74 Å².